The number of fused-ring (bicyclic) bond motifs is 1. The summed E-state index contributed by atoms with van der Waals surface area (Å²) in [6.07, 6.45) is 0. The molecule has 0 bridgehead atoms. The first-order valence-corrected chi connectivity index (χ1v) is 6.80. The maximum Gasteiger partial charge on any atom is 0.236 e. The fourth-order valence-electron chi connectivity index (χ4n) is 1.30. The highest BCUT2D eigenvalue weighted by atomic mass is 35.5. The molecular formula is C9H10ClN3O2S. The molecule has 0 saturated carbocycles. The molecule has 0 aliphatic carbocycles. The summed E-state index contributed by atoms with van der Waals surface area (Å²) in [5.41, 5.74) is 1.50. The van der Waals surface area contributed by atoms with Crippen molar-refractivity contribution in [3.63, 3.8) is 0 Å². The molecule has 1 heterocycles. The Bertz CT molecular complexity index is 561. The predicted molar refractivity (Wildman–Crippen MR) is 64.2 cm³/mol. The Hall–Kier alpha value is -1.27. The molecule has 0 unspecified atom stereocenters. The molecule has 86 valence electrons. The minimum Gasteiger partial charge on any atom is -0.323 e. The van der Waals surface area contributed by atoms with Gasteiger partial charge in [0.25, 0.3) is 0 Å². The van der Waals surface area contributed by atoms with Gasteiger partial charge < -0.3 is 4.98 Å². The SMILES string of the molecule is O=S(=O)(CCCl)Nc1nc2ccccc2[nH]1. The van der Waals surface area contributed by atoms with E-state index in [1.807, 2.05) is 18.2 Å². The number of nitrogens with one attached hydrogen (secondary N) is 2. The average Bonchev–Trinajstić information content (AvgIpc) is 2.58. The molecule has 2 N–H and O–H groups in total. The van der Waals surface area contributed by atoms with Crippen molar-refractivity contribution in [3.8, 4) is 0 Å². The van der Waals surface area contributed by atoms with E-state index in [9.17, 15) is 8.42 Å². The zero-order valence-corrected chi connectivity index (χ0v) is 9.85. The zero-order valence-electron chi connectivity index (χ0n) is 8.27. The molecule has 2 rings (SSSR count). The monoisotopic (exact) mass is 259 g/mol. The maximum absolute atomic E-state index is 11.4. The topological polar surface area (TPSA) is 74.8 Å². The first-order chi connectivity index (χ1) is 7.61. The van der Waals surface area contributed by atoms with Gasteiger partial charge in [0.05, 0.1) is 16.8 Å². The number of imidazole rings is 1. The third-order valence-corrected chi connectivity index (χ3v) is 3.65. The van der Waals surface area contributed by atoms with E-state index in [4.69, 9.17) is 11.6 Å². The van der Waals surface area contributed by atoms with Crippen LogP contribution >= 0.6 is 11.6 Å². The highest BCUT2D eigenvalue weighted by Gasteiger charge is 2.11. The van der Waals surface area contributed by atoms with Crippen molar-refractivity contribution < 1.29 is 8.42 Å². The van der Waals surface area contributed by atoms with Gasteiger partial charge >= 0.3 is 0 Å². The van der Waals surface area contributed by atoms with E-state index < -0.39 is 10.0 Å². The summed E-state index contributed by atoms with van der Waals surface area (Å²) in [4.78, 5) is 6.96. The minimum absolute atomic E-state index is 0.0512. The Labute approximate surface area is 97.9 Å². The van der Waals surface area contributed by atoms with Gasteiger partial charge in [-0.2, -0.15) is 0 Å². The van der Waals surface area contributed by atoms with Gasteiger partial charge in [-0.15, -0.1) is 11.6 Å². The number of aromatic amines is 1. The van der Waals surface area contributed by atoms with Gasteiger partial charge in [-0.05, 0) is 12.1 Å². The summed E-state index contributed by atoms with van der Waals surface area (Å²) in [7, 11) is -3.41. The van der Waals surface area contributed by atoms with Crippen LogP contribution in [0.25, 0.3) is 11.0 Å². The smallest absolute Gasteiger partial charge is 0.236 e. The van der Waals surface area contributed by atoms with Crippen molar-refractivity contribution in [2.75, 3.05) is 16.4 Å². The van der Waals surface area contributed by atoms with Gasteiger partial charge in [-0.1, -0.05) is 12.1 Å². The van der Waals surface area contributed by atoms with Crippen molar-refractivity contribution in [2.24, 2.45) is 0 Å². The molecule has 0 fully saturated rings. The number of anilines is 1. The van der Waals surface area contributed by atoms with E-state index in [1.165, 1.54) is 0 Å². The second kappa shape index (κ2) is 4.31. The van der Waals surface area contributed by atoms with Crippen LogP contribution in [0.3, 0.4) is 0 Å². The molecule has 0 aliphatic rings. The molecule has 0 atom stereocenters. The normalized spacial score (nSPS) is 11.8. The average molecular weight is 260 g/mol. The molecule has 0 saturated heterocycles. The molecule has 0 radical (unpaired) electrons. The lowest BCUT2D eigenvalue weighted by atomic mass is 10.3. The third-order valence-electron chi connectivity index (χ3n) is 1.99. The van der Waals surface area contributed by atoms with Crippen LogP contribution in [0.5, 0.6) is 0 Å². The summed E-state index contributed by atoms with van der Waals surface area (Å²) < 4.78 is 25.2. The Morgan fingerprint density at radius 1 is 1.38 bits per heavy atom. The fourth-order valence-corrected chi connectivity index (χ4v) is 2.61. The van der Waals surface area contributed by atoms with Crippen molar-refractivity contribution in [1.82, 2.24) is 9.97 Å². The molecule has 1 aromatic carbocycles. The first kappa shape index (κ1) is 11.2. The van der Waals surface area contributed by atoms with Crippen molar-refractivity contribution in [3.05, 3.63) is 24.3 Å². The predicted octanol–water partition coefficient (Wildman–Crippen LogP) is 1.54. The quantitative estimate of drug-likeness (QED) is 0.818. The van der Waals surface area contributed by atoms with E-state index >= 15 is 0 Å². The number of alkyl halides is 1. The van der Waals surface area contributed by atoms with Gasteiger partial charge in [0.1, 0.15) is 0 Å². The van der Waals surface area contributed by atoms with Crippen LogP contribution in [-0.4, -0.2) is 30.0 Å². The zero-order chi connectivity index (χ0) is 11.6. The fraction of sp³-hybridized carbons (Fsp3) is 0.222. The number of rotatable bonds is 4. The van der Waals surface area contributed by atoms with Crippen molar-refractivity contribution in [1.29, 1.82) is 0 Å². The third kappa shape index (κ3) is 2.45. The van der Waals surface area contributed by atoms with Crippen LogP contribution in [0.15, 0.2) is 24.3 Å². The number of para-hydroxylation sites is 2. The number of H-pyrrole nitrogens is 1. The van der Waals surface area contributed by atoms with Gasteiger partial charge in [0.15, 0.2) is 0 Å². The molecule has 7 heteroatoms. The molecule has 5 nitrogen and oxygen atoms in total. The number of hydrogen-bond acceptors (Lipinski definition) is 3. The van der Waals surface area contributed by atoms with Gasteiger partial charge in [0.2, 0.25) is 16.0 Å². The first-order valence-electron chi connectivity index (χ1n) is 4.62. The van der Waals surface area contributed by atoms with Crippen LogP contribution in [0.1, 0.15) is 0 Å². The van der Waals surface area contributed by atoms with E-state index in [0.29, 0.717) is 5.52 Å². The molecule has 0 aliphatic heterocycles. The molecular weight excluding hydrogens is 250 g/mol. The Morgan fingerprint density at radius 3 is 2.81 bits per heavy atom. The van der Waals surface area contributed by atoms with Gasteiger partial charge in [0, 0.05) is 5.88 Å². The number of hydrogen-bond donors (Lipinski definition) is 2. The Morgan fingerprint density at radius 2 is 2.12 bits per heavy atom. The van der Waals surface area contributed by atoms with Gasteiger partial charge in [-0.25, -0.2) is 13.4 Å². The summed E-state index contributed by atoms with van der Waals surface area (Å²) in [5, 5.41) is 0. The van der Waals surface area contributed by atoms with Crippen LogP contribution in [0, 0.1) is 0 Å². The molecule has 0 spiro atoms. The van der Waals surface area contributed by atoms with E-state index in [0.717, 1.165) is 5.52 Å². The summed E-state index contributed by atoms with van der Waals surface area (Å²) >= 11 is 5.38. The molecule has 0 amide bonds. The van der Waals surface area contributed by atoms with Crippen LogP contribution in [0.4, 0.5) is 5.95 Å². The molecule has 2 aromatic rings. The minimum atomic E-state index is -3.41. The van der Waals surface area contributed by atoms with Crippen molar-refractivity contribution >= 4 is 38.6 Å². The number of halogens is 1. The molecule has 16 heavy (non-hydrogen) atoms. The molecule has 1 aromatic heterocycles. The maximum atomic E-state index is 11.4. The largest absolute Gasteiger partial charge is 0.323 e. The van der Waals surface area contributed by atoms with E-state index in [2.05, 4.69) is 14.7 Å². The van der Waals surface area contributed by atoms with Gasteiger partial charge in [-0.3, -0.25) is 4.72 Å². The van der Waals surface area contributed by atoms with Crippen LogP contribution in [0.2, 0.25) is 0 Å². The van der Waals surface area contributed by atoms with E-state index in [1.54, 1.807) is 6.07 Å². The highest BCUT2D eigenvalue weighted by molar-refractivity contribution is 7.92. The summed E-state index contributed by atoms with van der Waals surface area (Å²) in [6.45, 7) is 0. The standard InChI is InChI=1S/C9H10ClN3O2S/c10-5-6-16(14,15)13-9-11-7-3-1-2-4-8(7)12-9/h1-4H,5-6H2,(H2,11,12,13). The van der Waals surface area contributed by atoms with Crippen molar-refractivity contribution in [2.45, 2.75) is 0 Å². The second-order valence-corrected chi connectivity index (χ2v) is 5.43. The number of aromatic nitrogens is 2. The lowest BCUT2D eigenvalue weighted by Crippen LogP contribution is -2.18. The number of nitrogens with zero attached hydrogens (tertiary/aromatic N) is 1. The van der Waals surface area contributed by atoms with E-state index in [-0.39, 0.29) is 17.6 Å². The van der Waals surface area contributed by atoms with Crippen LogP contribution < -0.4 is 4.72 Å². The lowest BCUT2D eigenvalue weighted by molar-refractivity contribution is 0.602. The number of sulfonamides is 1. The summed E-state index contributed by atoms with van der Waals surface area (Å²) in [6, 6.07) is 7.30. The Balaban J connectivity index is 2.28. The summed E-state index contributed by atoms with van der Waals surface area (Å²) in [5.74, 6) is 0.132. The Kier molecular flexibility index (Phi) is 3.02. The van der Waals surface area contributed by atoms with Crippen LogP contribution in [-0.2, 0) is 10.0 Å². The number of benzene rings is 1. The lowest BCUT2D eigenvalue weighted by Gasteiger charge is -2.01. The highest BCUT2D eigenvalue weighted by Crippen LogP contribution is 2.14. The second-order valence-electron chi connectivity index (χ2n) is 3.21.